The van der Waals surface area contributed by atoms with Gasteiger partial charge in [0.05, 0.1) is 25.2 Å². The summed E-state index contributed by atoms with van der Waals surface area (Å²) in [7, 11) is 0. The first-order valence-corrected chi connectivity index (χ1v) is 14.8. The van der Waals surface area contributed by atoms with Gasteiger partial charge in [-0.3, -0.25) is 9.59 Å². The predicted octanol–water partition coefficient (Wildman–Crippen LogP) is 5.37. The average Bonchev–Trinajstić information content (AvgIpc) is 3.47. The largest absolute Gasteiger partial charge is 0.394 e. The fraction of sp³-hybridized carbons (Fsp3) is 0.267. The molecule has 1 fully saturated rings. The number of aromatic nitrogens is 1. The van der Waals surface area contributed by atoms with E-state index in [9.17, 15) is 19.8 Å². The van der Waals surface area contributed by atoms with Gasteiger partial charge in [-0.1, -0.05) is 63.4 Å². The van der Waals surface area contributed by atoms with E-state index < -0.39 is 23.5 Å². The second-order valence-corrected chi connectivity index (χ2v) is 12.8. The maximum Gasteiger partial charge on any atom is 0.239 e. The number of hydrogen-bond donors (Lipinski definition) is 4. The van der Waals surface area contributed by atoms with Gasteiger partial charge in [0.15, 0.2) is 0 Å². The SMILES string of the molecule is Cc1ccc(SC2(C(=O)NCC(O)CO)CC(=O)N(Cc3ccc(Br)cc3)C2c2c[nH]c3cc(Cl)ccc23)cc1. The van der Waals surface area contributed by atoms with Gasteiger partial charge >= 0.3 is 0 Å². The molecule has 1 aromatic heterocycles. The lowest BCUT2D eigenvalue weighted by Crippen LogP contribution is -2.50. The van der Waals surface area contributed by atoms with Gasteiger partial charge in [0.2, 0.25) is 11.8 Å². The van der Waals surface area contributed by atoms with Crippen LogP contribution in [0.15, 0.2) is 82.3 Å². The first kappa shape index (κ1) is 28.7. The van der Waals surface area contributed by atoms with E-state index in [4.69, 9.17) is 11.6 Å². The van der Waals surface area contributed by atoms with Crippen LogP contribution in [0.25, 0.3) is 10.9 Å². The van der Waals surface area contributed by atoms with Crippen molar-refractivity contribution < 1.29 is 19.8 Å². The van der Waals surface area contributed by atoms with Crippen LogP contribution in [0.1, 0.15) is 29.2 Å². The molecule has 0 aliphatic carbocycles. The van der Waals surface area contributed by atoms with E-state index in [0.29, 0.717) is 11.6 Å². The summed E-state index contributed by atoms with van der Waals surface area (Å²) in [6.07, 6.45) is 0.683. The van der Waals surface area contributed by atoms with Gasteiger partial charge in [-0.25, -0.2) is 0 Å². The molecule has 0 saturated carbocycles. The molecule has 2 amide bonds. The minimum absolute atomic E-state index is 0.0476. The summed E-state index contributed by atoms with van der Waals surface area (Å²) >= 11 is 11.1. The molecule has 3 unspecified atom stereocenters. The van der Waals surface area contributed by atoms with Crippen molar-refractivity contribution in [1.82, 2.24) is 15.2 Å². The molecular weight excluding hydrogens is 614 g/mol. The van der Waals surface area contributed by atoms with Gasteiger partial charge in [0.1, 0.15) is 4.75 Å². The van der Waals surface area contributed by atoms with Gasteiger partial charge in [-0.2, -0.15) is 0 Å². The third kappa shape index (κ3) is 5.80. The average molecular weight is 643 g/mol. The highest BCUT2D eigenvalue weighted by Crippen LogP contribution is 2.54. The Balaban J connectivity index is 1.66. The highest BCUT2D eigenvalue weighted by atomic mass is 79.9. The third-order valence-electron chi connectivity index (χ3n) is 7.14. The summed E-state index contributed by atoms with van der Waals surface area (Å²) in [4.78, 5) is 34.0. The zero-order valence-corrected chi connectivity index (χ0v) is 24.9. The van der Waals surface area contributed by atoms with Gasteiger partial charge in [-0.05, 0) is 48.9 Å². The van der Waals surface area contributed by atoms with E-state index in [2.05, 4.69) is 26.2 Å². The summed E-state index contributed by atoms with van der Waals surface area (Å²) in [5.41, 5.74) is 3.61. The van der Waals surface area contributed by atoms with Gasteiger partial charge in [0.25, 0.3) is 0 Å². The molecule has 3 aromatic carbocycles. The number of carbonyl (C=O) groups is 2. The van der Waals surface area contributed by atoms with Crippen LogP contribution in [0.3, 0.4) is 0 Å². The number of aryl methyl sites for hydroxylation is 1. The molecule has 0 spiro atoms. The lowest BCUT2D eigenvalue weighted by Gasteiger charge is -2.36. The molecule has 1 aliphatic rings. The first-order chi connectivity index (χ1) is 19.2. The standard InChI is InChI=1S/C30H29BrClN3O4S/c1-18-2-9-23(10-3-18)40-30(29(39)34-14-22(37)17-36)13-27(38)35(16-19-4-6-20(31)7-5-19)28(30)25-15-33-26-12-21(32)8-11-24(25)26/h2-12,15,22,28,33,36-37H,13-14,16-17H2,1H3,(H,34,39). The molecule has 3 atom stereocenters. The number of hydrogen-bond acceptors (Lipinski definition) is 5. The van der Waals surface area contributed by atoms with Gasteiger partial charge < -0.3 is 25.4 Å². The Hall–Kier alpha value is -2.82. The number of nitrogens with one attached hydrogen (secondary N) is 2. The normalized spacial score (nSPS) is 19.8. The quantitative estimate of drug-likeness (QED) is 0.197. The van der Waals surface area contributed by atoms with Crippen molar-refractivity contribution in [3.8, 4) is 0 Å². The van der Waals surface area contributed by atoms with Gasteiger partial charge in [-0.15, -0.1) is 11.8 Å². The molecule has 0 radical (unpaired) electrons. The van der Waals surface area contributed by atoms with Crippen LogP contribution in [-0.2, 0) is 16.1 Å². The van der Waals surface area contributed by atoms with Crippen LogP contribution in [0.2, 0.25) is 5.02 Å². The maximum absolute atomic E-state index is 14.2. The number of fused-ring (bicyclic) bond motifs is 1. The van der Waals surface area contributed by atoms with E-state index in [1.807, 2.05) is 73.8 Å². The third-order valence-corrected chi connectivity index (χ3v) is 9.33. The second-order valence-electron chi connectivity index (χ2n) is 10.0. The summed E-state index contributed by atoms with van der Waals surface area (Å²) < 4.78 is -0.341. The summed E-state index contributed by atoms with van der Waals surface area (Å²) in [6.45, 7) is 1.67. The topological polar surface area (TPSA) is 106 Å². The van der Waals surface area contributed by atoms with Crippen molar-refractivity contribution in [2.75, 3.05) is 13.2 Å². The van der Waals surface area contributed by atoms with Crippen LogP contribution < -0.4 is 5.32 Å². The number of benzene rings is 3. The number of aliphatic hydroxyl groups excluding tert-OH is 2. The molecule has 40 heavy (non-hydrogen) atoms. The van der Waals surface area contributed by atoms with E-state index in [0.717, 1.165) is 37.0 Å². The van der Waals surface area contributed by atoms with E-state index in [1.165, 1.54) is 11.8 Å². The number of amides is 2. The second kappa shape index (κ2) is 12.0. The van der Waals surface area contributed by atoms with Crippen molar-refractivity contribution in [2.45, 2.75) is 41.7 Å². The van der Waals surface area contributed by atoms with Crippen LogP contribution in [0, 0.1) is 6.92 Å². The number of likely N-dealkylation sites (tertiary alicyclic amines) is 1. The molecule has 7 nitrogen and oxygen atoms in total. The fourth-order valence-electron chi connectivity index (χ4n) is 5.13. The number of H-pyrrole nitrogens is 1. The molecule has 4 N–H and O–H groups in total. The molecule has 4 aromatic rings. The van der Waals surface area contributed by atoms with Crippen LogP contribution in [0.5, 0.6) is 0 Å². The Morgan fingerprint density at radius 2 is 1.93 bits per heavy atom. The zero-order chi connectivity index (χ0) is 28.4. The van der Waals surface area contributed by atoms with Crippen LogP contribution in [-0.4, -0.2) is 55.9 Å². The Kier molecular flexibility index (Phi) is 8.58. The molecule has 1 aliphatic heterocycles. The van der Waals surface area contributed by atoms with Crippen molar-refractivity contribution in [2.24, 2.45) is 0 Å². The van der Waals surface area contributed by atoms with E-state index >= 15 is 0 Å². The monoisotopic (exact) mass is 641 g/mol. The zero-order valence-electron chi connectivity index (χ0n) is 21.7. The maximum atomic E-state index is 14.2. The van der Waals surface area contributed by atoms with E-state index in [1.54, 1.807) is 11.0 Å². The fourth-order valence-corrected chi connectivity index (χ4v) is 6.99. The molecule has 208 valence electrons. The molecule has 1 saturated heterocycles. The Labute approximate surface area is 250 Å². The van der Waals surface area contributed by atoms with Crippen molar-refractivity contribution in [3.63, 3.8) is 0 Å². The minimum Gasteiger partial charge on any atom is -0.394 e. The number of nitrogens with zero attached hydrogens (tertiary/aromatic N) is 1. The van der Waals surface area contributed by atoms with Crippen LogP contribution in [0.4, 0.5) is 0 Å². The van der Waals surface area contributed by atoms with Crippen molar-refractivity contribution in [3.05, 3.63) is 99.1 Å². The Morgan fingerprint density at radius 3 is 2.62 bits per heavy atom. The lowest BCUT2D eigenvalue weighted by molar-refractivity contribution is -0.129. The van der Waals surface area contributed by atoms with Crippen molar-refractivity contribution >= 4 is 62.0 Å². The number of carbonyl (C=O) groups excluding carboxylic acids is 2. The molecule has 10 heteroatoms. The Bertz CT molecular complexity index is 1530. The predicted molar refractivity (Wildman–Crippen MR) is 161 cm³/mol. The van der Waals surface area contributed by atoms with E-state index in [-0.39, 0.29) is 24.8 Å². The number of halogens is 2. The summed E-state index contributed by atoms with van der Waals surface area (Å²) in [5, 5.41) is 23.6. The summed E-state index contributed by atoms with van der Waals surface area (Å²) in [5.74, 6) is -0.542. The number of rotatable bonds is 9. The number of aliphatic hydroxyl groups is 2. The smallest absolute Gasteiger partial charge is 0.239 e. The molecule has 5 rings (SSSR count). The lowest BCUT2D eigenvalue weighted by atomic mass is 9.91. The first-order valence-electron chi connectivity index (χ1n) is 12.8. The number of aromatic amines is 1. The molecule has 2 heterocycles. The van der Waals surface area contributed by atoms with Crippen LogP contribution >= 0.6 is 39.3 Å². The highest BCUT2D eigenvalue weighted by Gasteiger charge is 2.58. The van der Waals surface area contributed by atoms with Crippen molar-refractivity contribution in [1.29, 1.82) is 0 Å². The Morgan fingerprint density at radius 1 is 1.20 bits per heavy atom. The molecular formula is C30H29BrClN3O4S. The minimum atomic E-state index is -1.27. The number of thioether (sulfide) groups is 1. The molecule has 0 bridgehead atoms. The summed E-state index contributed by atoms with van der Waals surface area (Å²) in [6, 6.07) is 20.5. The highest BCUT2D eigenvalue weighted by molar-refractivity contribution is 9.10. The van der Waals surface area contributed by atoms with Gasteiger partial charge in [0, 0.05) is 50.1 Å².